The first kappa shape index (κ1) is 14.2. The number of nitrogens with one attached hydrogen (secondary N) is 1. The van der Waals surface area contributed by atoms with Crippen molar-refractivity contribution in [3.05, 3.63) is 10.6 Å². The highest BCUT2D eigenvalue weighted by atomic mass is 35.5. The van der Waals surface area contributed by atoms with Crippen molar-refractivity contribution >= 4 is 23.2 Å². The van der Waals surface area contributed by atoms with Crippen molar-refractivity contribution < 1.29 is 9.84 Å². The molecule has 3 nitrogen and oxygen atoms in total. The van der Waals surface area contributed by atoms with Gasteiger partial charge in [0, 0.05) is 43.8 Å². The Bertz CT molecular complexity index is 184. The van der Waals surface area contributed by atoms with Crippen molar-refractivity contribution in [1.29, 1.82) is 0 Å². The lowest BCUT2D eigenvalue weighted by atomic mass is 10.0. The smallest absolute Gasteiger partial charge is 0.0765 e. The quantitative estimate of drug-likeness (QED) is 0.713. The molecule has 0 radical (unpaired) electrons. The molecule has 0 aromatic carbocycles. The molecule has 14 heavy (non-hydrogen) atoms. The summed E-state index contributed by atoms with van der Waals surface area (Å²) in [6, 6.07) is 0. The van der Waals surface area contributed by atoms with Crippen LogP contribution in [0.25, 0.3) is 0 Å². The summed E-state index contributed by atoms with van der Waals surface area (Å²) >= 11 is 11.0. The normalized spacial score (nSPS) is 16.8. The second-order valence-electron chi connectivity index (χ2n) is 3.40. The Balaban J connectivity index is 3.64. The fraction of sp³-hybridized carbons (Fsp3) is 0.778. The molecule has 0 aromatic heterocycles. The van der Waals surface area contributed by atoms with Crippen molar-refractivity contribution in [2.45, 2.75) is 18.9 Å². The third-order valence-corrected chi connectivity index (χ3v) is 2.38. The molecule has 0 heterocycles. The topological polar surface area (TPSA) is 41.5 Å². The van der Waals surface area contributed by atoms with Crippen molar-refractivity contribution in [3.8, 4) is 0 Å². The lowest BCUT2D eigenvalue weighted by Gasteiger charge is -2.23. The summed E-state index contributed by atoms with van der Waals surface area (Å²) in [5, 5.41) is 13.3. The molecule has 2 N–H and O–H groups in total. The largest absolute Gasteiger partial charge is 0.389 e. The SMILES string of the molecule is COCCC(C)(O)CNCC(Cl)=CCl. The fourth-order valence-corrected chi connectivity index (χ4v) is 1.07. The van der Waals surface area contributed by atoms with Crippen LogP contribution in [0.1, 0.15) is 13.3 Å². The lowest BCUT2D eigenvalue weighted by Crippen LogP contribution is -2.39. The van der Waals surface area contributed by atoms with Gasteiger partial charge in [-0.1, -0.05) is 23.2 Å². The van der Waals surface area contributed by atoms with Crippen LogP contribution in [0, 0.1) is 0 Å². The van der Waals surface area contributed by atoms with Crippen LogP contribution in [-0.4, -0.2) is 37.5 Å². The molecule has 0 aliphatic rings. The monoisotopic (exact) mass is 241 g/mol. The van der Waals surface area contributed by atoms with Crippen LogP contribution in [0.3, 0.4) is 0 Å². The molecule has 0 aromatic rings. The van der Waals surface area contributed by atoms with Crippen LogP contribution >= 0.6 is 23.2 Å². The molecular formula is C9H17Cl2NO2. The van der Waals surface area contributed by atoms with Gasteiger partial charge in [-0.2, -0.15) is 0 Å². The molecule has 84 valence electrons. The van der Waals surface area contributed by atoms with Crippen molar-refractivity contribution in [3.63, 3.8) is 0 Å². The van der Waals surface area contributed by atoms with Gasteiger partial charge in [0.25, 0.3) is 0 Å². The first-order chi connectivity index (χ1) is 6.52. The van der Waals surface area contributed by atoms with E-state index in [0.29, 0.717) is 31.1 Å². The predicted molar refractivity (Wildman–Crippen MR) is 59.8 cm³/mol. The van der Waals surface area contributed by atoms with E-state index in [-0.39, 0.29) is 0 Å². The third-order valence-electron chi connectivity index (χ3n) is 1.76. The molecule has 5 heteroatoms. The van der Waals surface area contributed by atoms with E-state index in [1.807, 2.05) is 0 Å². The number of hydrogen-bond donors (Lipinski definition) is 2. The van der Waals surface area contributed by atoms with E-state index in [1.165, 1.54) is 5.54 Å². The Labute approximate surface area is 95.0 Å². The summed E-state index contributed by atoms with van der Waals surface area (Å²) in [7, 11) is 1.61. The van der Waals surface area contributed by atoms with Crippen LogP contribution in [0.5, 0.6) is 0 Å². The Kier molecular flexibility index (Phi) is 7.59. The summed E-state index contributed by atoms with van der Waals surface area (Å²) in [6.45, 7) is 3.20. The van der Waals surface area contributed by atoms with Crippen LogP contribution < -0.4 is 5.32 Å². The average molecular weight is 242 g/mol. The van der Waals surface area contributed by atoms with E-state index < -0.39 is 5.60 Å². The zero-order valence-electron chi connectivity index (χ0n) is 8.52. The Morgan fingerprint density at radius 1 is 1.64 bits per heavy atom. The first-order valence-corrected chi connectivity index (χ1v) is 5.20. The maximum Gasteiger partial charge on any atom is 0.0765 e. The van der Waals surface area contributed by atoms with Gasteiger partial charge in [-0.05, 0) is 6.92 Å². The number of methoxy groups -OCH3 is 1. The molecule has 1 unspecified atom stereocenters. The van der Waals surface area contributed by atoms with Crippen LogP contribution in [0.15, 0.2) is 10.6 Å². The maximum atomic E-state index is 9.79. The van der Waals surface area contributed by atoms with Crippen molar-refractivity contribution in [2.75, 3.05) is 26.8 Å². The molecule has 0 saturated heterocycles. The molecule has 0 aliphatic carbocycles. The average Bonchev–Trinajstić information content (AvgIpc) is 2.14. The van der Waals surface area contributed by atoms with Gasteiger partial charge in [0.2, 0.25) is 0 Å². The molecule has 1 atom stereocenters. The van der Waals surface area contributed by atoms with Gasteiger partial charge in [-0.3, -0.25) is 0 Å². The Morgan fingerprint density at radius 2 is 2.29 bits per heavy atom. The van der Waals surface area contributed by atoms with Gasteiger partial charge in [0.05, 0.1) is 5.60 Å². The van der Waals surface area contributed by atoms with Gasteiger partial charge in [0.1, 0.15) is 0 Å². The Morgan fingerprint density at radius 3 is 2.79 bits per heavy atom. The summed E-state index contributed by atoms with van der Waals surface area (Å²) < 4.78 is 4.88. The van der Waals surface area contributed by atoms with E-state index in [9.17, 15) is 5.11 Å². The number of aliphatic hydroxyl groups is 1. The molecule has 0 spiro atoms. The van der Waals surface area contributed by atoms with Crippen molar-refractivity contribution in [1.82, 2.24) is 5.32 Å². The molecule has 0 amide bonds. The van der Waals surface area contributed by atoms with E-state index in [0.717, 1.165) is 0 Å². The van der Waals surface area contributed by atoms with E-state index in [4.69, 9.17) is 27.9 Å². The standard InChI is InChI=1S/C9H17Cl2NO2/c1-9(13,3-4-14-2)7-12-6-8(11)5-10/h5,12-13H,3-4,6-7H2,1-2H3. The minimum atomic E-state index is -0.778. The highest BCUT2D eigenvalue weighted by molar-refractivity contribution is 6.36. The molecular weight excluding hydrogens is 225 g/mol. The minimum absolute atomic E-state index is 0.456. The molecule has 0 aliphatic heterocycles. The van der Waals surface area contributed by atoms with E-state index in [2.05, 4.69) is 5.32 Å². The number of halogens is 2. The van der Waals surface area contributed by atoms with Gasteiger partial charge < -0.3 is 15.2 Å². The molecule has 0 bridgehead atoms. The number of hydrogen-bond acceptors (Lipinski definition) is 3. The van der Waals surface area contributed by atoms with E-state index >= 15 is 0 Å². The van der Waals surface area contributed by atoms with E-state index in [1.54, 1.807) is 14.0 Å². The summed E-state index contributed by atoms with van der Waals surface area (Å²) in [4.78, 5) is 0. The van der Waals surface area contributed by atoms with Gasteiger partial charge >= 0.3 is 0 Å². The van der Waals surface area contributed by atoms with Gasteiger partial charge in [-0.25, -0.2) is 0 Å². The summed E-state index contributed by atoms with van der Waals surface area (Å²) in [6.07, 6.45) is 0.582. The highest BCUT2D eigenvalue weighted by Gasteiger charge is 2.18. The highest BCUT2D eigenvalue weighted by Crippen LogP contribution is 2.08. The van der Waals surface area contributed by atoms with Crippen LogP contribution in [0.2, 0.25) is 0 Å². The lowest BCUT2D eigenvalue weighted by molar-refractivity contribution is 0.0257. The van der Waals surface area contributed by atoms with Gasteiger partial charge in [-0.15, -0.1) is 0 Å². The molecule has 0 rings (SSSR count). The zero-order chi connectivity index (χ0) is 11.0. The zero-order valence-corrected chi connectivity index (χ0v) is 10.0. The first-order valence-electron chi connectivity index (χ1n) is 4.38. The second-order valence-corrected chi connectivity index (χ2v) is 4.10. The Hall–Kier alpha value is 0.200. The van der Waals surface area contributed by atoms with Gasteiger partial charge in [0.15, 0.2) is 0 Å². The molecule has 0 saturated carbocycles. The third kappa shape index (κ3) is 7.59. The van der Waals surface area contributed by atoms with Crippen molar-refractivity contribution in [2.24, 2.45) is 0 Å². The summed E-state index contributed by atoms with van der Waals surface area (Å²) in [5.41, 5.74) is 0.526. The number of ether oxygens (including phenoxy) is 1. The maximum absolute atomic E-state index is 9.79. The molecule has 0 fully saturated rings. The van der Waals surface area contributed by atoms with Crippen LogP contribution in [0.4, 0.5) is 0 Å². The second kappa shape index (κ2) is 7.49. The minimum Gasteiger partial charge on any atom is -0.389 e. The summed E-state index contributed by atoms with van der Waals surface area (Å²) in [5.74, 6) is 0. The number of rotatable bonds is 7. The predicted octanol–water partition coefficient (Wildman–Crippen LogP) is 1.68. The van der Waals surface area contributed by atoms with Crippen LogP contribution in [-0.2, 0) is 4.74 Å². The fourth-order valence-electron chi connectivity index (χ4n) is 0.900.